The fourth-order valence-electron chi connectivity index (χ4n) is 2.01. The van der Waals surface area contributed by atoms with Gasteiger partial charge in [-0.25, -0.2) is 4.79 Å². The summed E-state index contributed by atoms with van der Waals surface area (Å²) < 4.78 is 15.9. The molecule has 0 unspecified atom stereocenters. The van der Waals surface area contributed by atoms with E-state index in [0.29, 0.717) is 16.7 Å². The molecular weight excluding hydrogens is 272 g/mol. The third-order valence-corrected chi connectivity index (χ3v) is 2.96. The SMILES string of the molecule is CCOC(=O)c1ccc(-c2cc(=O)c3ccccc3o2)o1. The first kappa shape index (κ1) is 13.2. The molecule has 0 atom stereocenters. The number of benzene rings is 1. The van der Waals surface area contributed by atoms with Crippen molar-refractivity contribution in [2.75, 3.05) is 6.61 Å². The Hall–Kier alpha value is -2.82. The first-order valence-corrected chi connectivity index (χ1v) is 6.49. The van der Waals surface area contributed by atoms with Gasteiger partial charge in [0.15, 0.2) is 16.9 Å². The van der Waals surface area contributed by atoms with Crippen molar-refractivity contribution >= 4 is 16.9 Å². The summed E-state index contributed by atoms with van der Waals surface area (Å²) in [4.78, 5) is 23.6. The standard InChI is InChI=1S/C16H12O5/c1-2-19-16(18)14-8-7-13(21-14)15-9-11(17)10-5-3-4-6-12(10)20-15/h3-9H,2H2,1H3. The first-order chi connectivity index (χ1) is 10.2. The zero-order chi connectivity index (χ0) is 14.8. The summed E-state index contributed by atoms with van der Waals surface area (Å²) in [6.45, 7) is 1.98. The molecule has 0 radical (unpaired) electrons. The summed E-state index contributed by atoms with van der Waals surface area (Å²) >= 11 is 0. The molecule has 5 nitrogen and oxygen atoms in total. The highest BCUT2D eigenvalue weighted by Gasteiger charge is 2.15. The van der Waals surface area contributed by atoms with Gasteiger partial charge < -0.3 is 13.6 Å². The third kappa shape index (κ3) is 2.45. The van der Waals surface area contributed by atoms with E-state index in [1.807, 2.05) is 0 Å². The number of hydrogen-bond donors (Lipinski definition) is 0. The largest absolute Gasteiger partial charge is 0.460 e. The van der Waals surface area contributed by atoms with Gasteiger partial charge in [0.2, 0.25) is 5.76 Å². The van der Waals surface area contributed by atoms with Crippen LogP contribution in [0.15, 0.2) is 56.1 Å². The van der Waals surface area contributed by atoms with Crippen molar-refractivity contribution in [2.45, 2.75) is 6.92 Å². The monoisotopic (exact) mass is 284 g/mol. The van der Waals surface area contributed by atoms with Crippen molar-refractivity contribution in [1.82, 2.24) is 0 Å². The average Bonchev–Trinajstić information content (AvgIpc) is 2.97. The lowest BCUT2D eigenvalue weighted by atomic mass is 10.2. The van der Waals surface area contributed by atoms with Crippen LogP contribution in [0.1, 0.15) is 17.5 Å². The minimum Gasteiger partial charge on any atom is -0.460 e. The Morgan fingerprint density at radius 1 is 1.10 bits per heavy atom. The topological polar surface area (TPSA) is 69.7 Å². The van der Waals surface area contributed by atoms with Crippen LogP contribution in [0.3, 0.4) is 0 Å². The molecule has 2 aromatic heterocycles. The van der Waals surface area contributed by atoms with Crippen LogP contribution in [0.25, 0.3) is 22.5 Å². The van der Waals surface area contributed by atoms with Gasteiger partial charge in [0.1, 0.15) is 5.58 Å². The summed E-state index contributed by atoms with van der Waals surface area (Å²) in [6, 6.07) is 11.3. The van der Waals surface area contributed by atoms with Crippen LogP contribution in [-0.2, 0) is 4.74 Å². The molecule has 3 rings (SSSR count). The van der Waals surface area contributed by atoms with E-state index in [0.717, 1.165) is 0 Å². The lowest BCUT2D eigenvalue weighted by Crippen LogP contribution is -2.02. The Labute approximate surface area is 119 Å². The molecule has 3 aromatic rings. The molecule has 1 aromatic carbocycles. The highest BCUT2D eigenvalue weighted by atomic mass is 16.5. The Morgan fingerprint density at radius 2 is 1.90 bits per heavy atom. The fraction of sp³-hybridized carbons (Fsp3) is 0.125. The van der Waals surface area contributed by atoms with Crippen molar-refractivity contribution in [1.29, 1.82) is 0 Å². The molecule has 0 bridgehead atoms. The van der Waals surface area contributed by atoms with E-state index in [2.05, 4.69) is 0 Å². The van der Waals surface area contributed by atoms with Crippen molar-refractivity contribution in [3.05, 3.63) is 58.4 Å². The van der Waals surface area contributed by atoms with Crippen LogP contribution in [0, 0.1) is 0 Å². The molecule has 21 heavy (non-hydrogen) atoms. The molecular formula is C16H12O5. The maximum Gasteiger partial charge on any atom is 0.374 e. The van der Waals surface area contributed by atoms with Crippen molar-refractivity contribution < 1.29 is 18.4 Å². The maximum atomic E-state index is 12.0. The predicted molar refractivity (Wildman–Crippen MR) is 76.1 cm³/mol. The molecule has 0 aliphatic rings. The molecule has 0 saturated heterocycles. The maximum absolute atomic E-state index is 12.0. The van der Waals surface area contributed by atoms with E-state index < -0.39 is 5.97 Å². The second-order valence-electron chi connectivity index (χ2n) is 4.36. The molecule has 0 aliphatic carbocycles. The van der Waals surface area contributed by atoms with Crippen molar-refractivity contribution in [2.24, 2.45) is 0 Å². The van der Waals surface area contributed by atoms with Gasteiger partial charge in [0.25, 0.3) is 0 Å². The van der Waals surface area contributed by atoms with Gasteiger partial charge in [-0.15, -0.1) is 0 Å². The van der Waals surface area contributed by atoms with Crippen LogP contribution in [-0.4, -0.2) is 12.6 Å². The Bertz CT molecular complexity index is 856. The van der Waals surface area contributed by atoms with Crippen LogP contribution in [0.4, 0.5) is 0 Å². The fourth-order valence-corrected chi connectivity index (χ4v) is 2.01. The van der Waals surface area contributed by atoms with E-state index in [1.165, 1.54) is 12.1 Å². The second kappa shape index (κ2) is 5.28. The minimum absolute atomic E-state index is 0.0719. The highest BCUT2D eigenvalue weighted by molar-refractivity contribution is 5.87. The van der Waals surface area contributed by atoms with Crippen LogP contribution in [0.2, 0.25) is 0 Å². The van der Waals surface area contributed by atoms with Gasteiger partial charge in [-0.2, -0.15) is 0 Å². The van der Waals surface area contributed by atoms with Crippen LogP contribution < -0.4 is 5.43 Å². The highest BCUT2D eigenvalue weighted by Crippen LogP contribution is 2.24. The number of hydrogen-bond acceptors (Lipinski definition) is 5. The van der Waals surface area contributed by atoms with E-state index in [4.69, 9.17) is 13.6 Å². The van der Waals surface area contributed by atoms with Crippen molar-refractivity contribution in [3.8, 4) is 11.5 Å². The molecule has 106 valence electrons. The first-order valence-electron chi connectivity index (χ1n) is 6.49. The second-order valence-corrected chi connectivity index (χ2v) is 4.36. The van der Waals surface area contributed by atoms with Gasteiger partial charge in [0, 0.05) is 6.07 Å². The Balaban J connectivity index is 2.05. The van der Waals surface area contributed by atoms with Crippen molar-refractivity contribution in [3.63, 3.8) is 0 Å². The molecule has 5 heteroatoms. The van der Waals surface area contributed by atoms with Gasteiger partial charge in [0.05, 0.1) is 12.0 Å². The molecule has 0 saturated carbocycles. The summed E-state index contributed by atoms with van der Waals surface area (Å²) in [6.07, 6.45) is 0. The van der Waals surface area contributed by atoms with E-state index >= 15 is 0 Å². The third-order valence-electron chi connectivity index (χ3n) is 2.96. The number of furan rings is 1. The predicted octanol–water partition coefficient (Wildman–Crippen LogP) is 3.23. The number of para-hydroxylation sites is 1. The molecule has 2 heterocycles. The summed E-state index contributed by atoms with van der Waals surface area (Å²) in [5.74, 6) is 0.102. The average molecular weight is 284 g/mol. The van der Waals surface area contributed by atoms with Crippen LogP contribution >= 0.6 is 0 Å². The molecule has 0 fully saturated rings. The molecule has 0 aliphatic heterocycles. The number of rotatable bonds is 3. The van der Waals surface area contributed by atoms with Gasteiger partial charge in [-0.05, 0) is 31.2 Å². The molecule has 0 spiro atoms. The zero-order valence-electron chi connectivity index (χ0n) is 11.3. The summed E-state index contributed by atoms with van der Waals surface area (Å²) in [5, 5.41) is 0.499. The number of ether oxygens (including phenoxy) is 1. The van der Waals surface area contributed by atoms with Gasteiger partial charge in [-0.1, -0.05) is 12.1 Å². The van der Waals surface area contributed by atoms with E-state index in [9.17, 15) is 9.59 Å². The van der Waals surface area contributed by atoms with Gasteiger partial charge in [-0.3, -0.25) is 4.79 Å². The Kier molecular flexibility index (Phi) is 3.31. The number of fused-ring (bicyclic) bond motifs is 1. The van der Waals surface area contributed by atoms with E-state index in [1.54, 1.807) is 37.3 Å². The molecule has 0 amide bonds. The quantitative estimate of drug-likeness (QED) is 0.690. The lowest BCUT2D eigenvalue weighted by molar-refractivity contribution is 0.0491. The number of esters is 1. The smallest absolute Gasteiger partial charge is 0.374 e. The normalized spacial score (nSPS) is 10.7. The lowest BCUT2D eigenvalue weighted by Gasteiger charge is -2.00. The minimum atomic E-state index is -0.549. The Morgan fingerprint density at radius 3 is 2.71 bits per heavy atom. The van der Waals surface area contributed by atoms with E-state index in [-0.39, 0.29) is 23.6 Å². The summed E-state index contributed by atoms with van der Waals surface area (Å²) in [7, 11) is 0. The summed E-state index contributed by atoms with van der Waals surface area (Å²) in [5.41, 5.74) is 0.301. The number of carbonyl (C=O) groups excluding carboxylic acids is 1. The zero-order valence-corrected chi connectivity index (χ0v) is 11.3. The molecule has 0 N–H and O–H groups in total. The van der Waals surface area contributed by atoms with Gasteiger partial charge >= 0.3 is 5.97 Å². The number of carbonyl (C=O) groups is 1. The van der Waals surface area contributed by atoms with Crippen LogP contribution in [0.5, 0.6) is 0 Å².